The van der Waals surface area contributed by atoms with E-state index in [9.17, 15) is 13.6 Å². The predicted octanol–water partition coefficient (Wildman–Crippen LogP) is 3.24. The van der Waals surface area contributed by atoms with Gasteiger partial charge in [0.05, 0.1) is 19.8 Å². The molecule has 1 aromatic heterocycles. The summed E-state index contributed by atoms with van der Waals surface area (Å²) in [4.78, 5) is 19.6. The van der Waals surface area contributed by atoms with Gasteiger partial charge < -0.3 is 19.3 Å². The van der Waals surface area contributed by atoms with Crippen LogP contribution < -0.4 is 9.64 Å². The quantitative estimate of drug-likeness (QED) is 0.499. The number of ether oxygens (including phenoxy) is 2. The summed E-state index contributed by atoms with van der Waals surface area (Å²) in [5, 5.41) is 4.15. The Morgan fingerprint density at radius 1 is 1.14 bits per heavy atom. The number of amides is 1. The molecule has 10 heteroatoms. The van der Waals surface area contributed by atoms with Crippen molar-refractivity contribution in [1.82, 2.24) is 19.7 Å². The topological polar surface area (TPSA) is 72.7 Å². The molecular weight excluding hydrogens is 468 g/mol. The maximum absolute atomic E-state index is 14.8. The number of anilines is 1. The summed E-state index contributed by atoms with van der Waals surface area (Å²) in [5.41, 5.74) is 0.398. The van der Waals surface area contributed by atoms with Crippen LogP contribution in [0.3, 0.4) is 0 Å². The zero-order valence-corrected chi connectivity index (χ0v) is 20.1. The van der Waals surface area contributed by atoms with Crippen molar-refractivity contribution in [3.05, 3.63) is 72.3 Å². The van der Waals surface area contributed by atoms with E-state index >= 15 is 0 Å². The number of carbonyl (C=O) groups is 1. The first-order chi connectivity index (χ1) is 17.4. The smallest absolute Gasteiger partial charge is 0.219 e. The highest BCUT2D eigenvalue weighted by Gasteiger charge is 2.44. The molecule has 2 aliphatic rings. The fourth-order valence-corrected chi connectivity index (χ4v) is 5.03. The maximum atomic E-state index is 14.8. The molecular formula is C26H29F2N5O3. The molecule has 2 saturated heterocycles. The summed E-state index contributed by atoms with van der Waals surface area (Å²) in [6.07, 6.45) is 3.46. The van der Waals surface area contributed by atoms with Crippen molar-refractivity contribution < 1.29 is 23.0 Å². The van der Waals surface area contributed by atoms with Gasteiger partial charge in [0.2, 0.25) is 5.91 Å². The molecule has 0 bridgehead atoms. The van der Waals surface area contributed by atoms with Crippen molar-refractivity contribution in [1.29, 1.82) is 0 Å². The molecule has 0 saturated carbocycles. The molecule has 0 N–H and O–H groups in total. The van der Waals surface area contributed by atoms with Gasteiger partial charge in [0, 0.05) is 56.3 Å². The lowest BCUT2D eigenvalue weighted by Gasteiger charge is -2.35. The lowest BCUT2D eigenvalue weighted by molar-refractivity contribution is -0.129. The monoisotopic (exact) mass is 497 g/mol. The first kappa shape index (κ1) is 24.2. The Bertz CT molecular complexity index is 1180. The number of halogens is 2. The van der Waals surface area contributed by atoms with E-state index in [1.165, 1.54) is 18.5 Å². The molecule has 190 valence electrons. The van der Waals surface area contributed by atoms with Crippen LogP contribution in [-0.2, 0) is 21.7 Å². The Kier molecular flexibility index (Phi) is 6.86. The van der Waals surface area contributed by atoms with E-state index in [0.29, 0.717) is 25.2 Å². The van der Waals surface area contributed by atoms with Crippen molar-refractivity contribution in [2.24, 2.45) is 5.92 Å². The van der Waals surface area contributed by atoms with Crippen molar-refractivity contribution >= 4 is 11.6 Å². The molecule has 3 heterocycles. The van der Waals surface area contributed by atoms with E-state index in [1.807, 2.05) is 29.2 Å². The van der Waals surface area contributed by atoms with Crippen LogP contribution in [0.4, 0.5) is 14.5 Å². The number of hydrogen-bond donors (Lipinski definition) is 0. The van der Waals surface area contributed by atoms with Crippen molar-refractivity contribution in [2.75, 3.05) is 44.3 Å². The van der Waals surface area contributed by atoms with E-state index in [-0.39, 0.29) is 18.4 Å². The largest absolute Gasteiger partial charge is 0.493 e. The molecule has 0 radical (unpaired) electrons. The normalized spacial score (nSPS) is 22.1. The van der Waals surface area contributed by atoms with Gasteiger partial charge in [-0.3, -0.25) is 4.79 Å². The van der Waals surface area contributed by atoms with Gasteiger partial charge in [0.1, 0.15) is 35.6 Å². The van der Waals surface area contributed by atoms with Crippen molar-refractivity contribution in [3.8, 4) is 5.75 Å². The molecule has 5 rings (SSSR count). The van der Waals surface area contributed by atoms with Gasteiger partial charge in [0.15, 0.2) is 0 Å². The van der Waals surface area contributed by atoms with Gasteiger partial charge in [-0.1, -0.05) is 6.07 Å². The number of carbonyl (C=O) groups excluding carboxylic acids is 1. The van der Waals surface area contributed by atoms with Gasteiger partial charge >= 0.3 is 0 Å². The highest BCUT2D eigenvalue weighted by molar-refractivity contribution is 5.73. The molecule has 3 aromatic rings. The first-order valence-electron chi connectivity index (χ1n) is 12.1. The lowest BCUT2D eigenvalue weighted by atomic mass is 9.87. The highest BCUT2D eigenvalue weighted by Crippen LogP contribution is 2.42. The van der Waals surface area contributed by atoms with Crippen LogP contribution in [0.1, 0.15) is 18.9 Å². The Hall–Kier alpha value is -3.53. The van der Waals surface area contributed by atoms with Crippen LogP contribution in [0.2, 0.25) is 0 Å². The summed E-state index contributed by atoms with van der Waals surface area (Å²) in [7, 11) is 0. The minimum atomic E-state index is -0.995. The molecule has 2 aliphatic heterocycles. The van der Waals surface area contributed by atoms with Crippen LogP contribution in [0.15, 0.2) is 55.1 Å². The van der Waals surface area contributed by atoms with E-state index < -0.39 is 17.2 Å². The number of hydrogen-bond acceptors (Lipinski definition) is 6. The molecule has 2 aromatic carbocycles. The molecule has 0 spiro atoms. The summed E-state index contributed by atoms with van der Waals surface area (Å²) in [6, 6.07) is 11.5. The average Bonchev–Trinajstić information content (AvgIpc) is 3.54. The first-order valence-corrected chi connectivity index (χ1v) is 12.1. The number of rotatable bonds is 7. The Balaban J connectivity index is 1.22. The van der Waals surface area contributed by atoms with Gasteiger partial charge in [-0.15, -0.1) is 0 Å². The van der Waals surface area contributed by atoms with Crippen LogP contribution in [-0.4, -0.2) is 65.0 Å². The van der Waals surface area contributed by atoms with Gasteiger partial charge in [-0.05, 0) is 36.8 Å². The zero-order valence-electron chi connectivity index (χ0n) is 20.1. The number of aromatic nitrogens is 3. The second-order valence-corrected chi connectivity index (χ2v) is 9.39. The summed E-state index contributed by atoms with van der Waals surface area (Å²) in [5.74, 6) is -0.410. The maximum Gasteiger partial charge on any atom is 0.219 e. The van der Waals surface area contributed by atoms with Crippen LogP contribution in [0, 0.1) is 17.6 Å². The van der Waals surface area contributed by atoms with Crippen LogP contribution in [0.25, 0.3) is 0 Å². The van der Waals surface area contributed by atoms with E-state index in [4.69, 9.17) is 9.47 Å². The minimum Gasteiger partial charge on any atom is -0.493 e. The summed E-state index contributed by atoms with van der Waals surface area (Å²) >= 11 is 0. The molecule has 36 heavy (non-hydrogen) atoms. The second kappa shape index (κ2) is 10.2. The van der Waals surface area contributed by atoms with Gasteiger partial charge in [-0.25, -0.2) is 18.4 Å². The number of nitrogens with zero attached hydrogens (tertiary/aromatic N) is 5. The molecule has 2 fully saturated rings. The summed E-state index contributed by atoms with van der Waals surface area (Å²) in [6.45, 7) is 5.69. The third-order valence-corrected chi connectivity index (χ3v) is 6.93. The molecule has 1 amide bonds. The molecule has 8 nitrogen and oxygen atoms in total. The van der Waals surface area contributed by atoms with E-state index in [0.717, 1.165) is 43.7 Å². The lowest BCUT2D eigenvalue weighted by Crippen LogP contribution is -2.48. The minimum absolute atomic E-state index is 0.0114. The summed E-state index contributed by atoms with van der Waals surface area (Å²) < 4.78 is 42.2. The Labute approximate surface area is 208 Å². The molecule has 0 unspecified atom stereocenters. The molecule has 0 aliphatic carbocycles. The molecule has 2 atom stereocenters. The third-order valence-electron chi connectivity index (χ3n) is 6.93. The Morgan fingerprint density at radius 2 is 1.92 bits per heavy atom. The number of benzene rings is 2. The fourth-order valence-electron chi connectivity index (χ4n) is 5.03. The predicted molar refractivity (Wildman–Crippen MR) is 129 cm³/mol. The second-order valence-electron chi connectivity index (χ2n) is 9.39. The van der Waals surface area contributed by atoms with E-state index in [1.54, 1.807) is 17.9 Å². The third kappa shape index (κ3) is 5.18. The fraction of sp³-hybridized carbons (Fsp3) is 0.423. The average molecular weight is 498 g/mol. The van der Waals surface area contributed by atoms with Gasteiger partial charge in [0.25, 0.3) is 0 Å². The SMILES string of the molecule is CC(=O)N1CCN(c2ccc(OC[C@@H]3CO[C@@](Cn4cncn4)(c4ccc(F)cc4F)C3)cc2)CC1. The van der Waals surface area contributed by atoms with Crippen molar-refractivity contribution in [2.45, 2.75) is 25.5 Å². The highest BCUT2D eigenvalue weighted by atomic mass is 19.1. The van der Waals surface area contributed by atoms with Crippen LogP contribution >= 0.6 is 0 Å². The van der Waals surface area contributed by atoms with Gasteiger partial charge in [-0.2, -0.15) is 5.10 Å². The number of piperazine rings is 1. The standard InChI is InChI=1S/C26H29F2N5O3/c1-19(34)31-8-10-32(11-9-31)22-3-5-23(6-4-22)35-14-20-13-26(36-15-20,16-33-18-29-17-30-33)24-7-2-21(27)12-25(24)28/h2-7,12,17-18,20H,8-11,13-16H2,1H3/t20-,26+/m1/s1. The zero-order chi connectivity index (χ0) is 25.1. The van der Waals surface area contributed by atoms with E-state index in [2.05, 4.69) is 15.0 Å². The Morgan fingerprint density at radius 3 is 2.58 bits per heavy atom. The van der Waals surface area contributed by atoms with Crippen LogP contribution in [0.5, 0.6) is 5.75 Å². The van der Waals surface area contributed by atoms with Crippen molar-refractivity contribution in [3.63, 3.8) is 0 Å².